The summed E-state index contributed by atoms with van der Waals surface area (Å²) in [5.74, 6) is 0. The SMILES string of the molecule is C=CCCc1cc(C)cc(C)c1C.CC. The first kappa shape index (κ1) is 14.0. The molecule has 15 heavy (non-hydrogen) atoms. The van der Waals surface area contributed by atoms with Crippen LogP contribution in [0.4, 0.5) is 0 Å². The maximum Gasteiger partial charge on any atom is -0.0241 e. The summed E-state index contributed by atoms with van der Waals surface area (Å²) in [6.45, 7) is 14.3. The van der Waals surface area contributed by atoms with Crippen molar-refractivity contribution in [3.8, 4) is 0 Å². The molecule has 0 N–H and O–H groups in total. The lowest BCUT2D eigenvalue weighted by molar-refractivity contribution is 0.980. The van der Waals surface area contributed by atoms with Gasteiger partial charge in [-0.3, -0.25) is 0 Å². The Hall–Kier alpha value is -1.04. The van der Waals surface area contributed by atoms with Gasteiger partial charge in [-0.2, -0.15) is 0 Å². The Bertz CT molecular complexity index is 308. The molecule has 1 aromatic rings. The van der Waals surface area contributed by atoms with Gasteiger partial charge in [-0.15, -0.1) is 6.58 Å². The molecule has 0 radical (unpaired) electrons. The van der Waals surface area contributed by atoms with E-state index in [4.69, 9.17) is 0 Å². The van der Waals surface area contributed by atoms with Gasteiger partial charge in [0, 0.05) is 0 Å². The summed E-state index contributed by atoms with van der Waals surface area (Å²) >= 11 is 0. The second-order valence-electron chi connectivity index (χ2n) is 3.69. The number of allylic oxidation sites excluding steroid dienone is 1. The summed E-state index contributed by atoms with van der Waals surface area (Å²) in [7, 11) is 0. The Morgan fingerprint density at radius 3 is 2.27 bits per heavy atom. The van der Waals surface area contributed by atoms with Crippen LogP contribution in [0.1, 0.15) is 42.5 Å². The van der Waals surface area contributed by atoms with Gasteiger partial charge in [0.25, 0.3) is 0 Å². The fourth-order valence-electron chi connectivity index (χ4n) is 1.64. The predicted octanol–water partition coefficient (Wildman–Crippen LogP) is 4.76. The average molecular weight is 204 g/mol. The van der Waals surface area contributed by atoms with Gasteiger partial charge in [-0.25, -0.2) is 0 Å². The molecule has 0 spiro atoms. The van der Waals surface area contributed by atoms with Crippen LogP contribution in [0.5, 0.6) is 0 Å². The molecule has 0 aliphatic heterocycles. The number of benzene rings is 1. The highest BCUT2D eigenvalue weighted by atomic mass is 14.1. The molecule has 0 aliphatic carbocycles. The van der Waals surface area contributed by atoms with Gasteiger partial charge in [0.15, 0.2) is 0 Å². The molecule has 0 amide bonds. The van der Waals surface area contributed by atoms with Crippen LogP contribution in [0.15, 0.2) is 24.8 Å². The van der Waals surface area contributed by atoms with Crippen molar-refractivity contribution in [2.24, 2.45) is 0 Å². The molecule has 0 heterocycles. The smallest absolute Gasteiger partial charge is 0.0241 e. The molecule has 1 aromatic carbocycles. The molecule has 0 saturated heterocycles. The van der Waals surface area contributed by atoms with E-state index in [0.29, 0.717) is 0 Å². The molecule has 0 bridgehead atoms. The minimum absolute atomic E-state index is 1.07. The third-order valence-corrected chi connectivity index (χ3v) is 2.54. The Morgan fingerprint density at radius 2 is 1.73 bits per heavy atom. The maximum atomic E-state index is 3.75. The normalized spacial score (nSPS) is 9.13. The average Bonchev–Trinajstić information content (AvgIpc) is 2.24. The van der Waals surface area contributed by atoms with Crippen LogP contribution in [0.3, 0.4) is 0 Å². The Kier molecular flexibility index (Phi) is 6.77. The summed E-state index contributed by atoms with van der Waals surface area (Å²) in [6, 6.07) is 4.53. The predicted molar refractivity (Wildman–Crippen MR) is 70.5 cm³/mol. The molecule has 0 saturated carbocycles. The van der Waals surface area contributed by atoms with Gasteiger partial charge in [0.1, 0.15) is 0 Å². The number of hydrogen-bond donors (Lipinski definition) is 0. The molecule has 0 fully saturated rings. The summed E-state index contributed by atoms with van der Waals surface area (Å²) in [6.07, 6.45) is 4.18. The van der Waals surface area contributed by atoms with E-state index in [9.17, 15) is 0 Å². The fourth-order valence-corrected chi connectivity index (χ4v) is 1.64. The van der Waals surface area contributed by atoms with Crippen molar-refractivity contribution in [3.63, 3.8) is 0 Å². The number of aryl methyl sites for hydroxylation is 3. The summed E-state index contributed by atoms with van der Waals surface area (Å²) in [5, 5.41) is 0. The van der Waals surface area contributed by atoms with Crippen molar-refractivity contribution < 1.29 is 0 Å². The third kappa shape index (κ3) is 4.33. The van der Waals surface area contributed by atoms with E-state index in [1.807, 2.05) is 19.9 Å². The van der Waals surface area contributed by atoms with E-state index < -0.39 is 0 Å². The highest BCUT2D eigenvalue weighted by Crippen LogP contribution is 2.17. The van der Waals surface area contributed by atoms with E-state index in [1.54, 1.807) is 0 Å². The van der Waals surface area contributed by atoms with Crippen LogP contribution in [-0.2, 0) is 6.42 Å². The first-order valence-corrected chi connectivity index (χ1v) is 5.82. The molecule has 1 rings (SSSR count). The molecular weight excluding hydrogens is 180 g/mol. The Balaban J connectivity index is 0.000000921. The molecule has 0 nitrogen and oxygen atoms in total. The lowest BCUT2D eigenvalue weighted by Gasteiger charge is -2.09. The van der Waals surface area contributed by atoms with Crippen LogP contribution in [-0.4, -0.2) is 0 Å². The van der Waals surface area contributed by atoms with Crippen molar-refractivity contribution in [2.75, 3.05) is 0 Å². The maximum absolute atomic E-state index is 3.75. The van der Waals surface area contributed by atoms with E-state index >= 15 is 0 Å². The largest absolute Gasteiger partial charge is 0.103 e. The van der Waals surface area contributed by atoms with E-state index in [2.05, 4.69) is 39.5 Å². The van der Waals surface area contributed by atoms with E-state index in [0.717, 1.165) is 12.8 Å². The molecule has 0 unspecified atom stereocenters. The van der Waals surface area contributed by atoms with Gasteiger partial charge in [0.2, 0.25) is 0 Å². The number of hydrogen-bond acceptors (Lipinski definition) is 0. The van der Waals surface area contributed by atoms with E-state index in [-0.39, 0.29) is 0 Å². The van der Waals surface area contributed by atoms with Crippen LogP contribution < -0.4 is 0 Å². The van der Waals surface area contributed by atoms with Crippen LogP contribution in [0.2, 0.25) is 0 Å². The standard InChI is InChI=1S/C13H18.C2H6/c1-5-6-7-13-9-10(2)8-11(3)12(13)4;1-2/h5,8-9H,1,6-7H2,2-4H3;1-2H3. The monoisotopic (exact) mass is 204 g/mol. The molecule has 0 heteroatoms. The summed E-state index contributed by atoms with van der Waals surface area (Å²) in [5.41, 5.74) is 5.67. The van der Waals surface area contributed by atoms with E-state index in [1.165, 1.54) is 22.3 Å². The topological polar surface area (TPSA) is 0 Å². The van der Waals surface area contributed by atoms with Crippen molar-refractivity contribution >= 4 is 0 Å². The van der Waals surface area contributed by atoms with Crippen molar-refractivity contribution in [1.82, 2.24) is 0 Å². The van der Waals surface area contributed by atoms with Crippen molar-refractivity contribution in [2.45, 2.75) is 47.5 Å². The fraction of sp³-hybridized carbons (Fsp3) is 0.467. The Morgan fingerprint density at radius 1 is 1.13 bits per heavy atom. The van der Waals surface area contributed by atoms with Crippen LogP contribution in [0, 0.1) is 20.8 Å². The Labute approximate surface area is 95.0 Å². The zero-order valence-corrected chi connectivity index (χ0v) is 10.9. The molecule has 84 valence electrons. The second kappa shape index (κ2) is 7.28. The minimum Gasteiger partial charge on any atom is -0.103 e. The van der Waals surface area contributed by atoms with Crippen LogP contribution >= 0.6 is 0 Å². The zero-order valence-electron chi connectivity index (χ0n) is 10.9. The van der Waals surface area contributed by atoms with Gasteiger partial charge < -0.3 is 0 Å². The van der Waals surface area contributed by atoms with Crippen molar-refractivity contribution in [3.05, 3.63) is 47.0 Å². The van der Waals surface area contributed by atoms with Crippen molar-refractivity contribution in [1.29, 1.82) is 0 Å². The van der Waals surface area contributed by atoms with Crippen LogP contribution in [0.25, 0.3) is 0 Å². The van der Waals surface area contributed by atoms with Gasteiger partial charge >= 0.3 is 0 Å². The summed E-state index contributed by atoms with van der Waals surface area (Å²) in [4.78, 5) is 0. The minimum atomic E-state index is 1.07. The first-order chi connectivity index (χ1) is 7.15. The lowest BCUT2D eigenvalue weighted by Crippen LogP contribution is -1.93. The third-order valence-electron chi connectivity index (χ3n) is 2.54. The second-order valence-corrected chi connectivity index (χ2v) is 3.69. The van der Waals surface area contributed by atoms with Gasteiger partial charge in [0.05, 0.1) is 0 Å². The van der Waals surface area contributed by atoms with Gasteiger partial charge in [-0.05, 0) is 50.3 Å². The zero-order chi connectivity index (χ0) is 11.8. The molecule has 0 aromatic heterocycles. The number of rotatable bonds is 3. The quantitative estimate of drug-likeness (QED) is 0.623. The highest BCUT2D eigenvalue weighted by Gasteiger charge is 2.01. The first-order valence-electron chi connectivity index (χ1n) is 5.82. The molecule has 0 atom stereocenters. The highest BCUT2D eigenvalue weighted by molar-refractivity contribution is 5.37. The molecule has 0 aliphatic rings. The molecular formula is C15H24. The van der Waals surface area contributed by atoms with Gasteiger partial charge in [-0.1, -0.05) is 37.6 Å². The summed E-state index contributed by atoms with van der Waals surface area (Å²) < 4.78 is 0. The lowest BCUT2D eigenvalue weighted by atomic mass is 9.97.